The van der Waals surface area contributed by atoms with Crippen LogP contribution in [0.4, 0.5) is 10.9 Å². The minimum atomic E-state index is -0.0827. The van der Waals surface area contributed by atoms with Crippen LogP contribution in [0.2, 0.25) is 0 Å². The summed E-state index contributed by atoms with van der Waals surface area (Å²) in [6.45, 7) is 7.33. The lowest BCUT2D eigenvalue weighted by Crippen LogP contribution is -2.46. The number of amides is 1. The first-order valence-electron chi connectivity index (χ1n) is 7.63. The van der Waals surface area contributed by atoms with Gasteiger partial charge in [0.2, 0.25) is 0 Å². The summed E-state index contributed by atoms with van der Waals surface area (Å²) < 4.78 is 0. The Morgan fingerprint density at radius 3 is 2.86 bits per heavy atom. The van der Waals surface area contributed by atoms with E-state index in [0.717, 1.165) is 24.5 Å². The molecule has 1 unspecified atom stereocenters. The Bertz CT molecular complexity index is 512. The van der Waals surface area contributed by atoms with Gasteiger partial charge in [0.25, 0.3) is 5.91 Å². The third-order valence-corrected chi connectivity index (χ3v) is 5.65. The van der Waals surface area contributed by atoms with Crippen molar-refractivity contribution >= 4 is 28.2 Å². The highest BCUT2D eigenvalue weighted by Crippen LogP contribution is 2.36. The number of nitrogens with one attached hydrogen (secondary N) is 1. The van der Waals surface area contributed by atoms with E-state index < -0.39 is 0 Å². The lowest BCUT2D eigenvalue weighted by atomic mass is 9.73. The average molecular weight is 310 g/mol. The molecule has 3 N–H and O–H groups in total. The monoisotopic (exact) mass is 310 g/mol. The van der Waals surface area contributed by atoms with Crippen molar-refractivity contribution in [1.29, 1.82) is 0 Å². The molecule has 118 valence electrons. The number of aromatic nitrogens is 1. The molecule has 1 aliphatic carbocycles. The van der Waals surface area contributed by atoms with Crippen LogP contribution in [0.5, 0.6) is 0 Å². The summed E-state index contributed by atoms with van der Waals surface area (Å²) in [7, 11) is 1.95. The Morgan fingerprint density at radius 1 is 1.52 bits per heavy atom. The second-order valence-electron chi connectivity index (χ2n) is 6.49. The molecule has 1 aromatic heterocycles. The molecule has 0 radical (unpaired) electrons. The van der Waals surface area contributed by atoms with Crippen molar-refractivity contribution in [1.82, 2.24) is 10.3 Å². The van der Waals surface area contributed by atoms with E-state index in [-0.39, 0.29) is 17.4 Å². The van der Waals surface area contributed by atoms with Crippen molar-refractivity contribution in [3.8, 4) is 0 Å². The SMILES string of the molecule is CCN(C)c1nc(N)c(C(=O)NC2CCCCC2(C)C)s1. The van der Waals surface area contributed by atoms with E-state index >= 15 is 0 Å². The summed E-state index contributed by atoms with van der Waals surface area (Å²) in [5.41, 5.74) is 6.07. The van der Waals surface area contributed by atoms with Crippen LogP contribution in [-0.4, -0.2) is 30.5 Å². The number of anilines is 2. The number of nitrogens with two attached hydrogens (primary N) is 1. The molecular formula is C15H26N4OS. The topological polar surface area (TPSA) is 71.2 Å². The number of rotatable bonds is 4. The molecule has 0 spiro atoms. The van der Waals surface area contributed by atoms with Crippen LogP contribution in [0.15, 0.2) is 0 Å². The van der Waals surface area contributed by atoms with Gasteiger partial charge in [0.15, 0.2) is 5.13 Å². The van der Waals surface area contributed by atoms with E-state index in [1.807, 2.05) is 18.9 Å². The molecule has 5 nitrogen and oxygen atoms in total. The van der Waals surface area contributed by atoms with Crippen molar-refractivity contribution in [3.63, 3.8) is 0 Å². The van der Waals surface area contributed by atoms with Gasteiger partial charge in [0.1, 0.15) is 10.7 Å². The fourth-order valence-electron chi connectivity index (χ4n) is 2.77. The lowest BCUT2D eigenvalue weighted by Gasteiger charge is -2.38. The number of carbonyl (C=O) groups is 1. The Labute approximate surface area is 130 Å². The highest BCUT2D eigenvalue weighted by atomic mass is 32.1. The van der Waals surface area contributed by atoms with E-state index in [1.165, 1.54) is 24.2 Å². The first-order valence-corrected chi connectivity index (χ1v) is 8.45. The van der Waals surface area contributed by atoms with Gasteiger partial charge in [-0.15, -0.1) is 0 Å². The van der Waals surface area contributed by atoms with Gasteiger partial charge in [-0.05, 0) is 25.2 Å². The normalized spacial score (nSPS) is 21.0. The lowest BCUT2D eigenvalue weighted by molar-refractivity contribution is 0.0858. The summed E-state index contributed by atoms with van der Waals surface area (Å²) in [4.78, 5) is 19.3. The van der Waals surface area contributed by atoms with Gasteiger partial charge in [0.05, 0.1) is 0 Å². The van der Waals surface area contributed by atoms with Crippen LogP contribution in [0.3, 0.4) is 0 Å². The first-order chi connectivity index (χ1) is 9.85. The number of nitrogen functional groups attached to an aromatic ring is 1. The predicted molar refractivity (Wildman–Crippen MR) is 89.0 cm³/mol. The molecule has 0 saturated heterocycles. The zero-order valence-electron chi connectivity index (χ0n) is 13.4. The standard InChI is InChI=1S/C15H26N4OS/c1-5-19(4)14-18-12(16)11(21-14)13(20)17-10-8-6-7-9-15(10,2)3/h10H,5-9,16H2,1-4H3,(H,17,20). The molecule has 21 heavy (non-hydrogen) atoms. The third-order valence-electron chi connectivity index (χ3n) is 4.46. The number of nitrogens with zero attached hydrogens (tertiary/aromatic N) is 2. The summed E-state index contributed by atoms with van der Waals surface area (Å²) in [6.07, 6.45) is 4.61. The highest BCUT2D eigenvalue weighted by molar-refractivity contribution is 7.18. The molecule has 1 amide bonds. The van der Waals surface area contributed by atoms with Gasteiger partial charge in [0, 0.05) is 19.6 Å². The van der Waals surface area contributed by atoms with Crippen LogP contribution in [0.1, 0.15) is 56.1 Å². The van der Waals surface area contributed by atoms with Gasteiger partial charge < -0.3 is 16.0 Å². The van der Waals surface area contributed by atoms with Crippen molar-refractivity contribution < 1.29 is 4.79 Å². The second kappa shape index (κ2) is 6.22. The maximum absolute atomic E-state index is 12.5. The van der Waals surface area contributed by atoms with Crippen LogP contribution >= 0.6 is 11.3 Å². The summed E-state index contributed by atoms with van der Waals surface area (Å²) in [5, 5.41) is 3.96. The van der Waals surface area contributed by atoms with Crippen LogP contribution < -0.4 is 16.0 Å². The van der Waals surface area contributed by atoms with Gasteiger partial charge in [-0.3, -0.25) is 4.79 Å². The predicted octanol–water partition coefficient (Wildman–Crippen LogP) is 2.88. The van der Waals surface area contributed by atoms with Crippen molar-refractivity contribution in [2.45, 2.75) is 52.5 Å². The van der Waals surface area contributed by atoms with E-state index in [0.29, 0.717) is 10.7 Å². The molecule has 1 atom stereocenters. The molecule has 0 bridgehead atoms. The Morgan fingerprint density at radius 2 is 2.24 bits per heavy atom. The molecule has 0 aliphatic heterocycles. The van der Waals surface area contributed by atoms with Crippen LogP contribution in [0, 0.1) is 5.41 Å². The molecule has 1 heterocycles. The maximum atomic E-state index is 12.5. The first kappa shape index (κ1) is 16.1. The molecular weight excluding hydrogens is 284 g/mol. The van der Waals surface area contributed by atoms with Gasteiger partial charge in [-0.2, -0.15) is 0 Å². The fraction of sp³-hybridized carbons (Fsp3) is 0.733. The Hall–Kier alpha value is -1.30. The number of carbonyl (C=O) groups excluding carboxylic acids is 1. The smallest absolute Gasteiger partial charge is 0.265 e. The molecule has 6 heteroatoms. The minimum absolute atomic E-state index is 0.0827. The van der Waals surface area contributed by atoms with Crippen molar-refractivity contribution in [2.24, 2.45) is 5.41 Å². The Balaban J connectivity index is 2.11. The fourth-order valence-corrected chi connectivity index (χ4v) is 3.68. The zero-order chi connectivity index (χ0) is 15.6. The molecule has 2 rings (SSSR count). The highest BCUT2D eigenvalue weighted by Gasteiger charge is 2.34. The molecule has 1 aliphatic rings. The summed E-state index contributed by atoms with van der Waals surface area (Å²) in [6, 6.07) is 0.215. The molecule has 1 aromatic rings. The van der Waals surface area contributed by atoms with E-state index in [4.69, 9.17) is 5.73 Å². The third kappa shape index (κ3) is 3.48. The number of hydrogen-bond acceptors (Lipinski definition) is 5. The van der Waals surface area contributed by atoms with Crippen molar-refractivity contribution in [3.05, 3.63) is 4.88 Å². The average Bonchev–Trinajstić information content (AvgIpc) is 2.82. The largest absolute Gasteiger partial charge is 0.382 e. The molecule has 1 saturated carbocycles. The van der Waals surface area contributed by atoms with E-state index in [2.05, 4.69) is 24.1 Å². The number of hydrogen-bond donors (Lipinski definition) is 2. The van der Waals surface area contributed by atoms with Gasteiger partial charge in [-0.25, -0.2) is 4.98 Å². The van der Waals surface area contributed by atoms with Crippen LogP contribution in [0.25, 0.3) is 0 Å². The number of thiazole rings is 1. The van der Waals surface area contributed by atoms with E-state index in [9.17, 15) is 4.79 Å². The van der Waals surface area contributed by atoms with E-state index in [1.54, 1.807) is 0 Å². The van der Waals surface area contributed by atoms with Gasteiger partial charge in [-0.1, -0.05) is 38.0 Å². The molecule has 1 fully saturated rings. The zero-order valence-corrected chi connectivity index (χ0v) is 14.2. The van der Waals surface area contributed by atoms with Crippen LogP contribution in [-0.2, 0) is 0 Å². The van der Waals surface area contributed by atoms with Crippen molar-refractivity contribution in [2.75, 3.05) is 24.2 Å². The molecule has 0 aromatic carbocycles. The quantitative estimate of drug-likeness (QED) is 0.897. The maximum Gasteiger partial charge on any atom is 0.265 e. The minimum Gasteiger partial charge on any atom is -0.382 e. The van der Waals surface area contributed by atoms with Gasteiger partial charge >= 0.3 is 0 Å². The second-order valence-corrected chi connectivity index (χ2v) is 7.46. The summed E-state index contributed by atoms with van der Waals surface area (Å²) in [5.74, 6) is 0.252. The summed E-state index contributed by atoms with van der Waals surface area (Å²) >= 11 is 1.37. The Kier molecular flexibility index (Phi) is 4.76.